The van der Waals surface area contributed by atoms with Gasteiger partial charge in [0.1, 0.15) is 17.2 Å². The van der Waals surface area contributed by atoms with E-state index >= 15 is 0 Å². The highest BCUT2D eigenvalue weighted by atomic mass is 16.5. The first-order chi connectivity index (χ1) is 13.0. The summed E-state index contributed by atoms with van der Waals surface area (Å²) in [6.07, 6.45) is 0.246. The molecule has 2 aromatic rings. The van der Waals surface area contributed by atoms with Crippen LogP contribution in [-0.2, 0) is 4.79 Å². The fourth-order valence-corrected chi connectivity index (χ4v) is 3.07. The summed E-state index contributed by atoms with van der Waals surface area (Å²) in [6.45, 7) is 0.412. The van der Waals surface area contributed by atoms with Crippen LogP contribution < -0.4 is 24.4 Å². The number of carbonyl (C=O) groups excluding carboxylic acids is 2. The maximum absolute atomic E-state index is 12.6. The molecular weight excluding hydrogens is 348 g/mol. The highest BCUT2D eigenvalue weighted by Gasteiger charge is 2.32. The molecule has 1 saturated heterocycles. The average Bonchev–Trinajstić information content (AvgIpc) is 3.07. The van der Waals surface area contributed by atoms with Crippen molar-refractivity contribution in [2.24, 2.45) is 0 Å². The van der Waals surface area contributed by atoms with Crippen LogP contribution in [0.25, 0.3) is 0 Å². The van der Waals surface area contributed by atoms with Crippen LogP contribution in [0.1, 0.15) is 16.8 Å². The number of amides is 2. The Kier molecular flexibility index (Phi) is 5.49. The van der Waals surface area contributed by atoms with Gasteiger partial charge in [-0.15, -0.1) is 0 Å². The number of hydrogen-bond donors (Lipinski definition) is 1. The minimum absolute atomic E-state index is 0.0350. The molecule has 1 fully saturated rings. The molecule has 7 nitrogen and oxygen atoms in total. The number of anilines is 1. The third-order valence-corrected chi connectivity index (χ3v) is 4.50. The summed E-state index contributed by atoms with van der Waals surface area (Å²) in [4.78, 5) is 26.7. The molecule has 27 heavy (non-hydrogen) atoms. The van der Waals surface area contributed by atoms with Gasteiger partial charge >= 0.3 is 0 Å². The fourth-order valence-electron chi connectivity index (χ4n) is 3.07. The van der Waals surface area contributed by atoms with Crippen molar-refractivity contribution >= 4 is 17.5 Å². The Morgan fingerprint density at radius 2 is 1.67 bits per heavy atom. The molecule has 142 valence electrons. The van der Waals surface area contributed by atoms with E-state index in [4.69, 9.17) is 14.2 Å². The number of benzene rings is 2. The number of ether oxygens (including phenoxy) is 3. The van der Waals surface area contributed by atoms with E-state index in [-0.39, 0.29) is 24.3 Å². The lowest BCUT2D eigenvalue weighted by atomic mass is 10.1. The largest absolute Gasteiger partial charge is 0.497 e. The van der Waals surface area contributed by atoms with Crippen molar-refractivity contribution in [2.45, 2.75) is 12.5 Å². The Balaban J connectivity index is 1.69. The topological polar surface area (TPSA) is 77.1 Å². The molecule has 0 bridgehead atoms. The standard InChI is InChI=1S/C20H22N2O5/c1-25-15-6-4-14(5-7-15)22-12-13(10-19(22)23)21-20(24)17-9-8-16(26-2)11-18(17)27-3/h4-9,11,13H,10,12H2,1-3H3,(H,21,24). The first kappa shape index (κ1) is 18.6. The summed E-state index contributed by atoms with van der Waals surface area (Å²) in [5.74, 6) is 1.42. The molecule has 7 heteroatoms. The number of nitrogens with zero attached hydrogens (tertiary/aromatic N) is 1. The molecule has 3 rings (SSSR count). The van der Waals surface area contributed by atoms with Crippen LogP contribution in [0.3, 0.4) is 0 Å². The van der Waals surface area contributed by atoms with E-state index in [1.54, 1.807) is 49.5 Å². The van der Waals surface area contributed by atoms with Crippen molar-refractivity contribution in [3.8, 4) is 17.2 Å². The predicted octanol–water partition coefficient (Wildman–Crippen LogP) is 2.25. The van der Waals surface area contributed by atoms with E-state index in [0.29, 0.717) is 23.6 Å². The van der Waals surface area contributed by atoms with Gasteiger partial charge in [-0.1, -0.05) is 0 Å². The first-order valence-corrected chi connectivity index (χ1v) is 8.53. The summed E-state index contributed by atoms with van der Waals surface area (Å²) in [7, 11) is 4.64. The van der Waals surface area contributed by atoms with E-state index in [0.717, 1.165) is 11.4 Å². The summed E-state index contributed by atoms with van der Waals surface area (Å²) in [6, 6.07) is 12.0. The molecule has 1 N–H and O–H groups in total. The quantitative estimate of drug-likeness (QED) is 0.844. The van der Waals surface area contributed by atoms with Crippen molar-refractivity contribution in [3.63, 3.8) is 0 Å². The van der Waals surface area contributed by atoms with Crippen LogP contribution in [0, 0.1) is 0 Å². The Hall–Kier alpha value is -3.22. The summed E-state index contributed by atoms with van der Waals surface area (Å²) < 4.78 is 15.6. The number of rotatable bonds is 6. The minimum atomic E-state index is -0.288. The van der Waals surface area contributed by atoms with Gasteiger partial charge in [-0.05, 0) is 36.4 Å². The first-order valence-electron chi connectivity index (χ1n) is 8.53. The number of carbonyl (C=O) groups is 2. The Labute approximate surface area is 157 Å². The lowest BCUT2D eigenvalue weighted by Crippen LogP contribution is -2.37. The van der Waals surface area contributed by atoms with Crippen molar-refractivity contribution in [1.82, 2.24) is 5.32 Å². The zero-order chi connectivity index (χ0) is 19.4. The maximum atomic E-state index is 12.6. The zero-order valence-electron chi connectivity index (χ0n) is 15.5. The van der Waals surface area contributed by atoms with Crippen molar-refractivity contribution in [1.29, 1.82) is 0 Å². The van der Waals surface area contributed by atoms with Crippen LogP contribution in [-0.4, -0.2) is 45.7 Å². The maximum Gasteiger partial charge on any atom is 0.255 e. The van der Waals surface area contributed by atoms with Gasteiger partial charge in [-0.25, -0.2) is 0 Å². The third kappa shape index (κ3) is 3.97. The summed E-state index contributed by atoms with van der Waals surface area (Å²) >= 11 is 0. The van der Waals surface area contributed by atoms with Crippen LogP contribution in [0.2, 0.25) is 0 Å². The number of hydrogen-bond acceptors (Lipinski definition) is 5. The van der Waals surface area contributed by atoms with Gasteiger partial charge in [0.05, 0.1) is 32.9 Å². The molecule has 1 unspecified atom stereocenters. The molecule has 0 saturated carbocycles. The Morgan fingerprint density at radius 3 is 2.30 bits per heavy atom. The lowest BCUT2D eigenvalue weighted by Gasteiger charge is -2.18. The molecule has 1 atom stereocenters. The van der Waals surface area contributed by atoms with Gasteiger partial charge in [0.2, 0.25) is 5.91 Å². The molecule has 2 aromatic carbocycles. The smallest absolute Gasteiger partial charge is 0.255 e. The molecule has 0 radical (unpaired) electrons. The summed E-state index contributed by atoms with van der Waals surface area (Å²) in [5.41, 5.74) is 1.17. The molecule has 2 amide bonds. The van der Waals surface area contributed by atoms with Crippen LogP contribution >= 0.6 is 0 Å². The highest BCUT2D eigenvalue weighted by molar-refractivity contribution is 6.00. The van der Waals surface area contributed by atoms with Gasteiger partial charge in [0, 0.05) is 24.7 Å². The lowest BCUT2D eigenvalue weighted by molar-refractivity contribution is -0.117. The SMILES string of the molecule is COc1ccc(N2CC(NC(=O)c3ccc(OC)cc3OC)CC2=O)cc1. The second-order valence-corrected chi connectivity index (χ2v) is 6.14. The zero-order valence-corrected chi connectivity index (χ0v) is 15.5. The average molecular weight is 370 g/mol. The van der Waals surface area contributed by atoms with E-state index in [2.05, 4.69) is 5.32 Å². The van der Waals surface area contributed by atoms with Gasteiger partial charge in [0.25, 0.3) is 5.91 Å². The minimum Gasteiger partial charge on any atom is -0.497 e. The third-order valence-electron chi connectivity index (χ3n) is 4.50. The second-order valence-electron chi connectivity index (χ2n) is 6.14. The molecule has 1 aliphatic heterocycles. The van der Waals surface area contributed by atoms with Gasteiger partial charge in [-0.3, -0.25) is 9.59 Å². The molecule has 1 aliphatic rings. The van der Waals surface area contributed by atoms with E-state index in [9.17, 15) is 9.59 Å². The van der Waals surface area contributed by atoms with Crippen molar-refractivity contribution in [2.75, 3.05) is 32.8 Å². The fraction of sp³-hybridized carbons (Fsp3) is 0.300. The monoisotopic (exact) mass is 370 g/mol. The van der Waals surface area contributed by atoms with Crippen LogP contribution in [0.15, 0.2) is 42.5 Å². The van der Waals surface area contributed by atoms with Crippen molar-refractivity contribution < 1.29 is 23.8 Å². The molecule has 0 aliphatic carbocycles. The van der Waals surface area contributed by atoms with Gasteiger partial charge in [-0.2, -0.15) is 0 Å². The predicted molar refractivity (Wildman–Crippen MR) is 101 cm³/mol. The Morgan fingerprint density at radius 1 is 1.00 bits per heavy atom. The number of nitrogens with one attached hydrogen (secondary N) is 1. The molecule has 1 heterocycles. The molecule has 0 aromatic heterocycles. The molecular formula is C20H22N2O5. The van der Waals surface area contributed by atoms with E-state index < -0.39 is 0 Å². The summed E-state index contributed by atoms with van der Waals surface area (Å²) in [5, 5.41) is 2.91. The second kappa shape index (κ2) is 7.99. The molecule has 0 spiro atoms. The van der Waals surface area contributed by atoms with Gasteiger partial charge in [0.15, 0.2) is 0 Å². The Bertz CT molecular complexity index is 835. The van der Waals surface area contributed by atoms with Gasteiger partial charge < -0.3 is 24.4 Å². The highest BCUT2D eigenvalue weighted by Crippen LogP contribution is 2.26. The number of methoxy groups -OCH3 is 3. The van der Waals surface area contributed by atoms with Crippen LogP contribution in [0.5, 0.6) is 17.2 Å². The van der Waals surface area contributed by atoms with Crippen molar-refractivity contribution in [3.05, 3.63) is 48.0 Å². The van der Waals surface area contributed by atoms with E-state index in [1.165, 1.54) is 7.11 Å². The van der Waals surface area contributed by atoms with Crippen LogP contribution in [0.4, 0.5) is 5.69 Å². The normalized spacial score (nSPS) is 16.2. The van der Waals surface area contributed by atoms with E-state index in [1.807, 2.05) is 12.1 Å².